The van der Waals surface area contributed by atoms with Crippen molar-refractivity contribution in [3.63, 3.8) is 0 Å². The van der Waals surface area contributed by atoms with Crippen LogP contribution in [-0.4, -0.2) is 14.5 Å². The van der Waals surface area contributed by atoms with Crippen molar-refractivity contribution in [3.05, 3.63) is 170 Å². The fourth-order valence-corrected chi connectivity index (χ4v) is 8.13. The van der Waals surface area contributed by atoms with Crippen LogP contribution < -0.4 is 4.90 Å². The molecule has 0 spiro atoms. The van der Waals surface area contributed by atoms with Crippen molar-refractivity contribution in [3.8, 4) is 28.2 Å². The molecule has 232 valence electrons. The van der Waals surface area contributed by atoms with Crippen molar-refractivity contribution < 1.29 is 0 Å². The van der Waals surface area contributed by atoms with Gasteiger partial charge in [-0.2, -0.15) is 0 Å². The van der Waals surface area contributed by atoms with Gasteiger partial charge in [-0.25, -0.2) is 9.97 Å². The second-order valence-corrected chi connectivity index (χ2v) is 13.0. The fraction of sp³-hybridized carbons (Fsp3) is 0. The molecule has 0 unspecified atom stereocenters. The Hall–Kier alpha value is -6.78. The SMILES string of the molecule is c1ccc(N(c2ccccc2)c2ccc(-n3c4ccc5ccccc5c4c4cc5c6c(cccc6c43)-c3nc4ccccc4nc3-5)cc2)cc1. The normalized spacial score (nSPS) is 12.0. The average Bonchev–Trinajstić information content (AvgIpc) is 3.69. The van der Waals surface area contributed by atoms with Gasteiger partial charge in [0, 0.05) is 55.4 Å². The van der Waals surface area contributed by atoms with Crippen LogP contribution in [0.4, 0.5) is 17.1 Å². The minimum atomic E-state index is 0.917. The molecule has 0 bridgehead atoms. The number of aromatic nitrogens is 3. The molecule has 1 aliphatic rings. The van der Waals surface area contributed by atoms with Crippen molar-refractivity contribution in [2.75, 3.05) is 4.90 Å². The maximum absolute atomic E-state index is 5.21. The van der Waals surface area contributed by atoms with Crippen molar-refractivity contribution in [1.82, 2.24) is 14.5 Å². The summed E-state index contributed by atoms with van der Waals surface area (Å²) in [5.74, 6) is 0. The van der Waals surface area contributed by atoms with Gasteiger partial charge in [0.25, 0.3) is 0 Å². The average molecular weight is 637 g/mol. The Balaban J connectivity index is 1.20. The molecule has 2 heterocycles. The van der Waals surface area contributed by atoms with Crippen molar-refractivity contribution in [2.45, 2.75) is 0 Å². The minimum Gasteiger partial charge on any atom is -0.311 e. The Bertz CT molecular complexity index is 2920. The molecule has 1 aliphatic carbocycles. The van der Waals surface area contributed by atoms with E-state index in [4.69, 9.17) is 9.97 Å². The number of benzene rings is 8. The van der Waals surface area contributed by atoms with Gasteiger partial charge in [-0.05, 0) is 83.6 Å². The quantitative estimate of drug-likeness (QED) is 0.193. The Kier molecular flexibility index (Phi) is 5.63. The second kappa shape index (κ2) is 10.4. The third-order valence-electron chi connectivity index (χ3n) is 10.2. The monoisotopic (exact) mass is 636 g/mol. The largest absolute Gasteiger partial charge is 0.311 e. The van der Waals surface area contributed by atoms with Gasteiger partial charge in [-0.15, -0.1) is 0 Å². The zero-order valence-corrected chi connectivity index (χ0v) is 27.0. The van der Waals surface area contributed by atoms with E-state index in [-0.39, 0.29) is 0 Å². The molecule has 0 N–H and O–H groups in total. The van der Waals surface area contributed by atoms with E-state index in [1.807, 2.05) is 12.1 Å². The van der Waals surface area contributed by atoms with Gasteiger partial charge >= 0.3 is 0 Å². The molecular formula is C46H28N4. The summed E-state index contributed by atoms with van der Waals surface area (Å²) in [6.45, 7) is 0. The third-order valence-corrected chi connectivity index (χ3v) is 10.2. The van der Waals surface area contributed by atoms with E-state index in [9.17, 15) is 0 Å². The van der Waals surface area contributed by atoms with E-state index in [1.54, 1.807) is 0 Å². The lowest BCUT2D eigenvalue weighted by molar-refractivity contribution is 1.18. The number of anilines is 3. The lowest BCUT2D eigenvalue weighted by Crippen LogP contribution is -2.09. The van der Waals surface area contributed by atoms with E-state index >= 15 is 0 Å². The Morgan fingerprint density at radius 3 is 1.74 bits per heavy atom. The number of fused-ring (bicyclic) bond motifs is 10. The predicted molar refractivity (Wildman–Crippen MR) is 208 cm³/mol. The first-order valence-electron chi connectivity index (χ1n) is 17.0. The zero-order valence-electron chi connectivity index (χ0n) is 27.0. The predicted octanol–water partition coefficient (Wildman–Crippen LogP) is 12.2. The molecule has 0 amide bonds. The topological polar surface area (TPSA) is 34.0 Å². The molecular weight excluding hydrogens is 609 g/mol. The number of nitrogens with zero attached hydrogens (tertiary/aromatic N) is 4. The first kappa shape index (κ1) is 27.2. The summed E-state index contributed by atoms with van der Waals surface area (Å²) in [4.78, 5) is 12.7. The van der Waals surface area contributed by atoms with Crippen LogP contribution in [0.25, 0.3) is 82.6 Å². The van der Waals surface area contributed by atoms with E-state index in [2.05, 4.69) is 167 Å². The van der Waals surface area contributed by atoms with Crippen LogP contribution in [0.2, 0.25) is 0 Å². The highest BCUT2D eigenvalue weighted by atomic mass is 15.1. The molecule has 0 saturated heterocycles. The molecule has 0 radical (unpaired) electrons. The molecule has 0 fully saturated rings. The van der Waals surface area contributed by atoms with E-state index in [1.165, 1.54) is 43.4 Å². The highest BCUT2D eigenvalue weighted by molar-refractivity contribution is 6.30. The van der Waals surface area contributed by atoms with Crippen LogP contribution in [0.3, 0.4) is 0 Å². The molecule has 4 nitrogen and oxygen atoms in total. The van der Waals surface area contributed by atoms with Gasteiger partial charge in [0.1, 0.15) is 0 Å². The van der Waals surface area contributed by atoms with Crippen LogP contribution in [0, 0.1) is 0 Å². The van der Waals surface area contributed by atoms with E-state index in [0.717, 1.165) is 56.3 Å². The van der Waals surface area contributed by atoms with Crippen LogP contribution in [0.5, 0.6) is 0 Å². The van der Waals surface area contributed by atoms with Crippen LogP contribution in [0.15, 0.2) is 170 Å². The van der Waals surface area contributed by atoms with E-state index in [0.29, 0.717) is 0 Å². The molecule has 50 heavy (non-hydrogen) atoms. The molecule has 11 rings (SSSR count). The van der Waals surface area contributed by atoms with Crippen LogP contribution in [0.1, 0.15) is 0 Å². The van der Waals surface area contributed by atoms with Crippen molar-refractivity contribution in [1.29, 1.82) is 0 Å². The smallest absolute Gasteiger partial charge is 0.0980 e. The number of para-hydroxylation sites is 4. The van der Waals surface area contributed by atoms with E-state index < -0.39 is 0 Å². The lowest BCUT2D eigenvalue weighted by Gasteiger charge is -2.25. The summed E-state index contributed by atoms with van der Waals surface area (Å²) in [7, 11) is 0. The lowest BCUT2D eigenvalue weighted by atomic mass is 9.98. The minimum absolute atomic E-state index is 0.917. The van der Waals surface area contributed by atoms with Gasteiger partial charge < -0.3 is 9.47 Å². The molecule has 0 atom stereocenters. The number of rotatable bonds is 4. The van der Waals surface area contributed by atoms with Gasteiger partial charge in [0.2, 0.25) is 0 Å². The summed E-state index contributed by atoms with van der Waals surface area (Å²) < 4.78 is 2.46. The summed E-state index contributed by atoms with van der Waals surface area (Å²) in [6.07, 6.45) is 0. The molecule has 0 saturated carbocycles. The van der Waals surface area contributed by atoms with Crippen LogP contribution >= 0.6 is 0 Å². The standard InChI is InChI=1S/C46H28N4/c1-3-13-30(14-4-1)49(31-15-5-2-6-16-31)32-23-25-33(26-24-32)50-41-27-22-29-12-7-8-17-34(29)43(41)38-28-37-42-35(18-11-19-36(42)46(38)50)44-45(37)48-40-21-10-9-20-39(40)47-44/h1-28H. The molecule has 4 heteroatoms. The third kappa shape index (κ3) is 3.81. The van der Waals surface area contributed by atoms with Gasteiger partial charge in [0.15, 0.2) is 0 Å². The molecule has 2 aromatic heterocycles. The molecule has 10 aromatic rings. The molecule has 0 aliphatic heterocycles. The Morgan fingerprint density at radius 2 is 1.02 bits per heavy atom. The zero-order chi connectivity index (χ0) is 32.8. The van der Waals surface area contributed by atoms with Gasteiger partial charge in [-0.3, -0.25) is 0 Å². The summed E-state index contributed by atoms with van der Waals surface area (Å²) in [6, 6.07) is 60.6. The Labute approximate surface area is 288 Å². The number of hydrogen-bond acceptors (Lipinski definition) is 3. The Morgan fingerprint density at radius 1 is 0.420 bits per heavy atom. The molecule has 8 aromatic carbocycles. The maximum Gasteiger partial charge on any atom is 0.0980 e. The summed E-state index contributed by atoms with van der Waals surface area (Å²) in [5.41, 5.74) is 12.9. The first-order valence-corrected chi connectivity index (χ1v) is 17.0. The summed E-state index contributed by atoms with van der Waals surface area (Å²) >= 11 is 0. The highest BCUT2D eigenvalue weighted by Crippen LogP contribution is 2.51. The first-order chi connectivity index (χ1) is 24.8. The van der Waals surface area contributed by atoms with Crippen molar-refractivity contribution >= 4 is 71.4 Å². The number of hydrogen-bond donors (Lipinski definition) is 0. The van der Waals surface area contributed by atoms with Crippen LogP contribution in [-0.2, 0) is 0 Å². The van der Waals surface area contributed by atoms with Crippen molar-refractivity contribution in [2.24, 2.45) is 0 Å². The maximum atomic E-state index is 5.21. The highest BCUT2D eigenvalue weighted by Gasteiger charge is 2.28. The van der Waals surface area contributed by atoms with Gasteiger partial charge in [-0.1, -0.05) is 97.1 Å². The second-order valence-electron chi connectivity index (χ2n) is 13.0. The fourth-order valence-electron chi connectivity index (χ4n) is 8.13. The summed E-state index contributed by atoms with van der Waals surface area (Å²) in [5, 5.41) is 7.37. The van der Waals surface area contributed by atoms with Gasteiger partial charge in [0.05, 0.1) is 33.5 Å².